The van der Waals surface area contributed by atoms with Gasteiger partial charge in [0.15, 0.2) is 0 Å². The molecule has 0 spiro atoms. The van der Waals surface area contributed by atoms with Crippen molar-refractivity contribution in [2.24, 2.45) is 0 Å². The maximum Gasteiger partial charge on any atom is 0.389 e. The third-order valence-corrected chi connectivity index (χ3v) is 2.59. The molecule has 0 saturated carbocycles. The minimum Gasteiger partial charge on any atom is -0.355 e. The number of halogens is 3. The maximum absolute atomic E-state index is 11.9. The second-order valence-electron chi connectivity index (χ2n) is 4.17. The molecule has 19 heavy (non-hydrogen) atoms. The Balaban J connectivity index is 2.29. The van der Waals surface area contributed by atoms with Crippen LogP contribution in [0.25, 0.3) is 0 Å². The molecule has 0 saturated heterocycles. The number of rotatable bonds is 6. The van der Waals surface area contributed by atoms with Gasteiger partial charge in [-0.15, -0.1) is 0 Å². The molecule has 1 aromatic rings. The number of nitrogens with one attached hydrogen (secondary N) is 2. The molecular weight excluding hydrogens is 257 g/mol. The molecule has 0 aliphatic heterocycles. The van der Waals surface area contributed by atoms with Gasteiger partial charge >= 0.3 is 6.18 Å². The average molecular weight is 274 g/mol. The van der Waals surface area contributed by atoms with Crippen LogP contribution in [0.3, 0.4) is 0 Å². The summed E-state index contributed by atoms with van der Waals surface area (Å²) in [5.74, 6) is -0.162. The summed E-state index contributed by atoms with van der Waals surface area (Å²) in [5, 5.41) is 5.45. The minimum absolute atomic E-state index is 0.0693. The summed E-state index contributed by atoms with van der Waals surface area (Å²) in [6.45, 7) is 0.808. The second kappa shape index (κ2) is 7.13. The van der Waals surface area contributed by atoms with Crippen LogP contribution in [0, 0.1) is 0 Å². The molecule has 2 N–H and O–H groups in total. The Bertz CT molecular complexity index is 401. The Hall–Kier alpha value is -1.56. The van der Waals surface area contributed by atoms with Crippen LogP contribution in [0.2, 0.25) is 0 Å². The summed E-state index contributed by atoms with van der Waals surface area (Å²) in [6.07, 6.45) is -4.79. The first-order valence-corrected chi connectivity index (χ1v) is 6.01. The Morgan fingerprint density at radius 1 is 1.21 bits per heavy atom. The Labute approximate surface area is 110 Å². The van der Waals surface area contributed by atoms with Crippen molar-refractivity contribution >= 4 is 5.91 Å². The molecule has 0 aliphatic rings. The van der Waals surface area contributed by atoms with Crippen LogP contribution in [0.4, 0.5) is 13.2 Å². The molecule has 106 valence electrons. The van der Waals surface area contributed by atoms with Gasteiger partial charge in [0.1, 0.15) is 0 Å². The van der Waals surface area contributed by atoms with E-state index in [1.165, 1.54) is 0 Å². The van der Waals surface area contributed by atoms with Gasteiger partial charge in [0.2, 0.25) is 0 Å². The molecule has 0 aliphatic carbocycles. The zero-order valence-corrected chi connectivity index (χ0v) is 10.7. The number of hydrogen-bond donors (Lipinski definition) is 2. The van der Waals surface area contributed by atoms with Crippen molar-refractivity contribution in [1.82, 2.24) is 10.6 Å². The highest BCUT2D eigenvalue weighted by molar-refractivity contribution is 5.93. The number of carbonyl (C=O) groups is 1. The number of carbonyl (C=O) groups excluding carboxylic acids is 1. The predicted molar refractivity (Wildman–Crippen MR) is 66.8 cm³/mol. The van der Waals surface area contributed by atoms with Crippen molar-refractivity contribution in [1.29, 1.82) is 0 Å². The van der Waals surface area contributed by atoms with Gasteiger partial charge < -0.3 is 10.6 Å². The van der Waals surface area contributed by atoms with Gasteiger partial charge in [-0.25, -0.2) is 0 Å². The molecule has 0 aromatic heterocycles. The van der Waals surface area contributed by atoms with Crippen LogP contribution in [0.1, 0.15) is 28.8 Å². The van der Waals surface area contributed by atoms with E-state index in [-0.39, 0.29) is 12.3 Å². The van der Waals surface area contributed by atoms with Crippen LogP contribution in [-0.4, -0.2) is 25.7 Å². The van der Waals surface area contributed by atoms with Crippen molar-refractivity contribution < 1.29 is 18.0 Å². The number of hydrogen-bond acceptors (Lipinski definition) is 2. The SMILES string of the molecule is CNC(=O)c1ccc(CNCCCC(F)(F)F)cc1. The first-order chi connectivity index (χ1) is 8.92. The maximum atomic E-state index is 11.9. The molecule has 0 atom stereocenters. The largest absolute Gasteiger partial charge is 0.389 e. The molecule has 1 rings (SSSR count). The van der Waals surface area contributed by atoms with Gasteiger partial charge in [-0.05, 0) is 30.7 Å². The lowest BCUT2D eigenvalue weighted by Gasteiger charge is -2.08. The van der Waals surface area contributed by atoms with Crippen molar-refractivity contribution in [2.45, 2.75) is 25.6 Å². The van der Waals surface area contributed by atoms with Crippen LogP contribution >= 0.6 is 0 Å². The lowest BCUT2D eigenvalue weighted by molar-refractivity contribution is -0.135. The summed E-state index contributed by atoms with van der Waals surface area (Å²) < 4.78 is 35.7. The molecule has 0 radical (unpaired) electrons. The van der Waals surface area contributed by atoms with Gasteiger partial charge in [0.05, 0.1) is 0 Å². The third-order valence-electron chi connectivity index (χ3n) is 2.59. The first-order valence-electron chi connectivity index (χ1n) is 6.01. The number of benzene rings is 1. The van der Waals surface area contributed by atoms with E-state index in [0.29, 0.717) is 18.7 Å². The van der Waals surface area contributed by atoms with Crippen LogP contribution in [0.15, 0.2) is 24.3 Å². The van der Waals surface area contributed by atoms with E-state index in [1.807, 2.05) is 0 Å². The Morgan fingerprint density at radius 3 is 2.37 bits per heavy atom. The molecule has 1 aromatic carbocycles. The number of amides is 1. The van der Waals surface area contributed by atoms with Crippen molar-refractivity contribution in [3.8, 4) is 0 Å². The molecule has 0 bridgehead atoms. The van der Waals surface area contributed by atoms with Crippen LogP contribution in [-0.2, 0) is 6.54 Å². The van der Waals surface area contributed by atoms with E-state index < -0.39 is 12.6 Å². The topological polar surface area (TPSA) is 41.1 Å². The predicted octanol–water partition coefficient (Wildman–Crippen LogP) is 2.48. The standard InChI is InChI=1S/C13H17F3N2O/c1-17-12(19)11-5-3-10(4-6-11)9-18-8-2-7-13(14,15)16/h3-6,18H,2,7-9H2,1H3,(H,17,19). The van der Waals surface area contributed by atoms with E-state index in [1.54, 1.807) is 31.3 Å². The van der Waals surface area contributed by atoms with E-state index >= 15 is 0 Å². The third kappa shape index (κ3) is 6.24. The normalized spacial score (nSPS) is 11.4. The molecule has 0 unspecified atom stereocenters. The quantitative estimate of drug-likeness (QED) is 0.782. The highest BCUT2D eigenvalue weighted by Gasteiger charge is 2.25. The summed E-state index contributed by atoms with van der Waals surface area (Å²) in [6, 6.07) is 6.93. The lowest BCUT2D eigenvalue weighted by atomic mass is 10.1. The van der Waals surface area contributed by atoms with E-state index in [4.69, 9.17) is 0 Å². The van der Waals surface area contributed by atoms with Gasteiger partial charge in [0.25, 0.3) is 5.91 Å². The minimum atomic E-state index is -4.09. The number of alkyl halides is 3. The molecule has 3 nitrogen and oxygen atoms in total. The Morgan fingerprint density at radius 2 is 1.84 bits per heavy atom. The van der Waals surface area contributed by atoms with E-state index in [9.17, 15) is 18.0 Å². The van der Waals surface area contributed by atoms with Crippen molar-refractivity contribution in [3.05, 3.63) is 35.4 Å². The molecule has 0 fully saturated rings. The Kier molecular flexibility index (Phi) is 5.82. The molecule has 0 heterocycles. The molecule has 1 amide bonds. The summed E-state index contributed by atoms with van der Waals surface area (Å²) in [7, 11) is 1.55. The van der Waals surface area contributed by atoms with Crippen LogP contribution in [0.5, 0.6) is 0 Å². The van der Waals surface area contributed by atoms with Crippen molar-refractivity contribution in [3.63, 3.8) is 0 Å². The van der Waals surface area contributed by atoms with Gasteiger partial charge in [-0.2, -0.15) is 13.2 Å². The molecule has 6 heteroatoms. The summed E-state index contributed by atoms with van der Waals surface area (Å²) in [5.41, 5.74) is 1.49. The van der Waals surface area contributed by atoms with E-state index in [2.05, 4.69) is 10.6 Å². The zero-order chi connectivity index (χ0) is 14.3. The van der Waals surface area contributed by atoms with E-state index in [0.717, 1.165) is 5.56 Å². The fraction of sp³-hybridized carbons (Fsp3) is 0.462. The lowest BCUT2D eigenvalue weighted by Crippen LogP contribution is -2.19. The monoisotopic (exact) mass is 274 g/mol. The fourth-order valence-corrected chi connectivity index (χ4v) is 1.56. The van der Waals surface area contributed by atoms with Crippen LogP contribution < -0.4 is 10.6 Å². The first kappa shape index (κ1) is 15.5. The summed E-state index contributed by atoms with van der Waals surface area (Å²) in [4.78, 5) is 11.3. The van der Waals surface area contributed by atoms with Gasteiger partial charge in [-0.3, -0.25) is 4.79 Å². The fourth-order valence-electron chi connectivity index (χ4n) is 1.56. The zero-order valence-electron chi connectivity index (χ0n) is 10.7. The highest BCUT2D eigenvalue weighted by Crippen LogP contribution is 2.20. The van der Waals surface area contributed by atoms with Crippen molar-refractivity contribution in [2.75, 3.05) is 13.6 Å². The smallest absolute Gasteiger partial charge is 0.355 e. The molecular formula is C13H17F3N2O. The van der Waals surface area contributed by atoms with Gasteiger partial charge in [0, 0.05) is 25.6 Å². The van der Waals surface area contributed by atoms with Gasteiger partial charge in [-0.1, -0.05) is 12.1 Å². The second-order valence-corrected chi connectivity index (χ2v) is 4.17. The summed E-state index contributed by atoms with van der Waals surface area (Å²) >= 11 is 0. The highest BCUT2D eigenvalue weighted by atomic mass is 19.4. The average Bonchev–Trinajstić information content (AvgIpc) is 2.37.